The van der Waals surface area contributed by atoms with Crippen molar-refractivity contribution in [3.8, 4) is 0 Å². The van der Waals surface area contributed by atoms with Gasteiger partial charge in [-0.25, -0.2) is 9.97 Å². The Morgan fingerprint density at radius 1 is 1.21 bits per heavy atom. The predicted octanol–water partition coefficient (Wildman–Crippen LogP) is 4.17. The van der Waals surface area contributed by atoms with Gasteiger partial charge in [0.25, 0.3) is 0 Å². The number of methoxy groups -OCH3 is 1. The highest BCUT2D eigenvalue weighted by Gasteiger charge is 2.31. The van der Waals surface area contributed by atoms with E-state index in [0.717, 1.165) is 24.2 Å². The average molecular weight is 339 g/mol. The van der Waals surface area contributed by atoms with Crippen LogP contribution in [0.25, 0.3) is 0 Å². The Hall–Kier alpha value is -2.15. The fraction of sp³-hybridized carbons (Fsp3) is 0.412. The van der Waals surface area contributed by atoms with Crippen LogP contribution in [0.3, 0.4) is 0 Å². The van der Waals surface area contributed by atoms with E-state index in [9.17, 15) is 13.2 Å². The molecule has 0 saturated heterocycles. The van der Waals surface area contributed by atoms with Crippen molar-refractivity contribution >= 4 is 5.82 Å². The van der Waals surface area contributed by atoms with Crippen molar-refractivity contribution < 1.29 is 17.9 Å². The zero-order valence-electron chi connectivity index (χ0n) is 13.8. The van der Waals surface area contributed by atoms with E-state index in [0.29, 0.717) is 17.2 Å². The standard InChI is InChI=1S/C17H20F3N3O/c1-4-14-9-16(22-11(2)21-14)23-15(10-24-3)12-6-5-7-13(8-12)17(18,19)20/h5-9,15H,4,10H2,1-3H3,(H,21,22,23). The minimum absolute atomic E-state index is 0.214. The quantitative estimate of drug-likeness (QED) is 0.858. The van der Waals surface area contributed by atoms with Crippen molar-refractivity contribution in [1.82, 2.24) is 9.97 Å². The molecule has 1 unspecified atom stereocenters. The van der Waals surface area contributed by atoms with Gasteiger partial charge in [-0.2, -0.15) is 13.2 Å². The molecule has 1 aromatic carbocycles. The van der Waals surface area contributed by atoms with Gasteiger partial charge in [0.2, 0.25) is 0 Å². The lowest BCUT2D eigenvalue weighted by molar-refractivity contribution is -0.137. The molecule has 0 aliphatic rings. The Morgan fingerprint density at radius 2 is 1.96 bits per heavy atom. The van der Waals surface area contributed by atoms with Crippen LogP contribution in [0.1, 0.15) is 35.6 Å². The molecule has 0 spiro atoms. The Labute approximate surface area is 139 Å². The number of nitrogens with one attached hydrogen (secondary N) is 1. The van der Waals surface area contributed by atoms with Gasteiger partial charge in [0.05, 0.1) is 18.2 Å². The summed E-state index contributed by atoms with van der Waals surface area (Å²) in [5.41, 5.74) is 0.669. The second kappa shape index (κ2) is 7.61. The van der Waals surface area contributed by atoms with E-state index in [1.54, 1.807) is 19.1 Å². The summed E-state index contributed by atoms with van der Waals surface area (Å²) in [6.45, 7) is 3.97. The Kier molecular flexibility index (Phi) is 5.77. The smallest absolute Gasteiger partial charge is 0.382 e. The number of aromatic nitrogens is 2. The zero-order valence-corrected chi connectivity index (χ0v) is 13.8. The van der Waals surface area contributed by atoms with E-state index < -0.39 is 17.8 Å². The van der Waals surface area contributed by atoms with Crippen LogP contribution in [0.4, 0.5) is 19.0 Å². The molecule has 2 aromatic rings. The van der Waals surface area contributed by atoms with E-state index in [1.807, 2.05) is 6.92 Å². The number of nitrogens with zero attached hydrogens (tertiary/aromatic N) is 2. The van der Waals surface area contributed by atoms with Gasteiger partial charge >= 0.3 is 6.18 Å². The summed E-state index contributed by atoms with van der Waals surface area (Å²) < 4.78 is 43.9. The highest BCUT2D eigenvalue weighted by molar-refractivity contribution is 5.41. The van der Waals surface area contributed by atoms with Crippen LogP contribution < -0.4 is 5.32 Å². The van der Waals surface area contributed by atoms with Crippen LogP contribution in [0.2, 0.25) is 0 Å². The normalized spacial score (nSPS) is 12.9. The molecule has 1 heterocycles. The third kappa shape index (κ3) is 4.67. The molecule has 0 amide bonds. The van der Waals surface area contributed by atoms with E-state index in [4.69, 9.17) is 4.74 Å². The van der Waals surface area contributed by atoms with E-state index in [1.165, 1.54) is 13.2 Å². The maximum Gasteiger partial charge on any atom is 0.416 e. The van der Waals surface area contributed by atoms with Crippen LogP contribution in [0.15, 0.2) is 30.3 Å². The third-order valence-electron chi connectivity index (χ3n) is 3.53. The van der Waals surface area contributed by atoms with Crippen LogP contribution in [-0.4, -0.2) is 23.7 Å². The van der Waals surface area contributed by atoms with E-state index in [-0.39, 0.29) is 6.61 Å². The fourth-order valence-electron chi connectivity index (χ4n) is 2.38. The van der Waals surface area contributed by atoms with Gasteiger partial charge in [0.15, 0.2) is 0 Å². The lowest BCUT2D eigenvalue weighted by atomic mass is 10.0. The molecule has 1 N–H and O–H groups in total. The highest BCUT2D eigenvalue weighted by atomic mass is 19.4. The summed E-state index contributed by atoms with van der Waals surface area (Å²) in [7, 11) is 1.50. The number of rotatable bonds is 6. The molecule has 0 fully saturated rings. The van der Waals surface area contributed by atoms with Crippen LogP contribution >= 0.6 is 0 Å². The largest absolute Gasteiger partial charge is 0.416 e. The van der Waals surface area contributed by atoms with Gasteiger partial charge in [-0.3, -0.25) is 0 Å². The van der Waals surface area contributed by atoms with Crippen LogP contribution in [0, 0.1) is 6.92 Å². The number of hydrogen-bond donors (Lipinski definition) is 1. The number of ether oxygens (including phenoxy) is 1. The molecule has 130 valence electrons. The lowest BCUT2D eigenvalue weighted by Crippen LogP contribution is -2.18. The maximum atomic E-state index is 12.9. The number of halogens is 3. The van der Waals surface area contributed by atoms with Gasteiger partial charge < -0.3 is 10.1 Å². The molecule has 2 rings (SSSR count). The molecule has 0 bridgehead atoms. The fourth-order valence-corrected chi connectivity index (χ4v) is 2.38. The molecule has 4 nitrogen and oxygen atoms in total. The number of alkyl halides is 3. The van der Waals surface area contributed by atoms with Crippen molar-refractivity contribution in [3.63, 3.8) is 0 Å². The first kappa shape index (κ1) is 18.2. The van der Waals surface area contributed by atoms with E-state index >= 15 is 0 Å². The van der Waals surface area contributed by atoms with Gasteiger partial charge in [-0.05, 0) is 31.0 Å². The van der Waals surface area contributed by atoms with Crippen molar-refractivity contribution in [2.75, 3.05) is 19.0 Å². The summed E-state index contributed by atoms with van der Waals surface area (Å²) >= 11 is 0. The van der Waals surface area contributed by atoms with Gasteiger partial charge in [0, 0.05) is 18.9 Å². The zero-order chi connectivity index (χ0) is 17.7. The molecule has 7 heteroatoms. The van der Waals surface area contributed by atoms with Crippen molar-refractivity contribution in [2.45, 2.75) is 32.5 Å². The number of anilines is 1. The molecule has 1 atom stereocenters. The summed E-state index contributed by atoms with van der Waals surface area (Å²) in [4.78, 5) is 8.59. The van der Waals surface area contributed by atoms with Crippen LogP contribution in [0.5, 0.6) is 0 Å². The van der Waals surface area contributed by atoms with Gasteiger partial charge in [-0.1, -0.05) is 19.1 Å². The first-order valence-corrected chi connectivity index (χ1v) is 7.60. The second-order valence-corrected chi connectivity index (χ2v) is 5.42. The lowest BCUT2D eigenvalue weighted by Gasteiger charge is -2.20. The highest BCUT2D eigenvalue weighted by Crippen LogP contribution is 2.31. The third-order valence-corrected chi connectivity index (χ3v) is 3.53. The van der Waals surface area contributed by atoms with Crippen molar-refractivity contribution in [3.05, 3.63) is 53.0 Å². The number of hydrogen-bond acceptors (Lipinski definition) is 4. The second-order valence-electron chi connectivity index (χ2n) is 5.42. The first-order chi connectivity index (χ1) is 11.3. The minimum Gasteiger partial charge on any atom is -0.382 e. The number of benzene rings is 1. The molecule has 0 radical (unpaired) electrons. The van der Waals surface area contributed by atoms with Crippen molar-refractivity contribution in [1.29, 1.82) is 0 Å². The Morgan fingerprint density at radius 3 is 2.58 bits per heavy atom. The molecule has 0 aliphatic carbocycles. The minimum atomic E-state index is -4.38. The molecule has 0 saturated carbocycles. The Balaban J connectivity index is 2.31. The maximum absolute atomic E-state index is 12.9. The summed E-state index contributed by atoms with van der Waals surface area (Å²) in [5.74, 6) is 1.18. The van der Waals surface area contributed by atoms with Gasteiger partial charge in [-0.15, -0.1) is 0 Å². The average Bonchev–Trinajstić information content (AvgIpc) is 2.53. The topological polar surface area (TPSA) is 47.0 Å². The monoisotopic (exact) mass is 339 g/mol. The summed E-state index contributed by atoms with van der Waals surface area (Å²) in [6.07, 6.45) is -3.63. The predicted molar refractivity (Wildman–Crippen MR) is 85.8 cm³/mol. The number of aryl methyl sites for hydroxylation is 2. The van der Waals surface area contributed by atoms with Crippen molar-refractivity contribution in [2.24, 2.45) is 0 Å². The molecule has 1 aromatic heterocycles. The summed E-state index contributed by atoms with van der Waals surface area (Å²) in [5, 5.41) is 3.15. The molecule has 24 heavy (non-hydrogen) atoms. The summed E-state index contributed by atoms with van der Waals surface area (Å²) in [6, 6.07) is 6.56. The molecular formula is C17H20F3N3O. The van der Waals surface area contributed by atoms with E-state index in [2.05, 4.69) is 15.3 Å². The molecule has 0 aliphatic heterocycles. The first-order valence-electron chi connectivity index (χ1n) is 7.60. The Bertz CT molecular complexity index is 689. The van der Waals surface area contributed by atoms with Gasteiger partial charge in [0.1, 0.15) is 11.6 Å². The van der Waals surface area contributed by atoms with Crippen LogP contribution in [-0.2, 0) is 17.3 Å². The molecular weight excluding hydrogens is 319 g/mol. The SMILES string of the molecule is CCc1cc(NC(COC)c2cccc(C(F)(F)F)c2)nc(C)n1.